The van der Waals surface area contributed by atoms with E-state index in [4.69, 9.17) is 0 Å². The number of carbonyl (C=O) groups is 1. The first kappa shape index (κ1) is 15.0. The molecule has 4 aromatic rings. The Labute approximate surface area is 143 Å². The minimum Gasteiger partial charge on any atom is -0.327 e. The summed E-state index contributed by atoms with van der Waals surface area (Å²) in [7, 11) is 1.80. The second kappa shape index (κ2) is 5.82. The molecule has 4 rings (SSSR count). The molecule has 0 unspecified atom stereocenters. The smallest absolute Gasteiger partial charge is 0.274 e. The van der Waals surface area contributed by atoms with Crippen LogP contribution in [0.25, 0.3) is 16.9 Å². The van der Waals surface area contributed by atoms with Crippen molar-refractivity contribution in [2.45, 2.75) is 6.92 Å². The number of hydrogen-bond acceptors (Lipinski definition) is 5. The largest absolute Gasteiger partial charge is 0.327 e. The molecule has 0 atom stereocenters. The molecule has 0 saturated heterocycles. The van der Waals surface area contributed by atoms with Crippen molar-refractivity contribution in [2.24, 2.45) is 7.05 Å². The number of aryl methyl sites for hydroxylation is 1. The van der Waals surface area contributed by atoms with Crippen molar-refractivity contribution >= 4 is 22.6 Å². The molecule has 0 bridgehead atoms. The van der Waals surface area contributed by atoms with Gasteiger partial charge in [0.05, 0.1) is 41.5 Å². The fraction of sp³-hybridized carbons (Fsp3) is 0.118. The van der Waals surface area contributed by atoms with Crippen LogP contribution in [0, 0.1) is 6.92 Å². The van der Waals surface area contributed by atoms with Gasteiger partial charge in [-0.15, -0.1) is 0 Å². The Kier molecular flexibility index (Phi) is 3.50. The molecular weight excluding hydrogens is 318 g/mol. The van der Waals surface area contributed by atoms with Crippen molar-refractivity contribution in [3.8, 4) is 5.82 Å². The van der Waals surface area contributed by atoms with E-state index in [0.717, 1.165) is 16.9 Å². The van der Waals surface area contributed by atoms with Crippen LogP contribution in [0.4, 0.5) is 5.69 Å². The second-order valence-corrected chi connectivity index (χ2v) is 5.59. The summed E-state index contributed by atoms with van der Waals surface area (Å²) in [6.07, 6.45) is 6.45. The quantitative estimate of drug-likeness (QED) is 0.620. The maximum Gasteiger partial charge on any atom is 0.274 e. The molecule has 0 fully saturated rings. The van der Waals surface area contributed by atoms with Gasteiger partial charge < -0.3 is 9.88 Å². The number of benzene rings is 1. The normalized spacial score (nSPS) is 11.0. The number of nitrogens with one attached hydrogen (secondary N) is 1. The van der Waals surface area contributed by atoms with Crippen LogP contribution in [0.5, 0.6) is 0 Å². The van der Waals surface area contributed by atoms with Crippen LogP contribution in [0.15, 0.2) is 49.1 Å². The van der Waals surface area contributed by atoms with Crippen molar-refractivity contribution in [2.75, 3.05) is 5.32 Å². The van der Waals surface area contributed by atoms with Gasteiger partial charge in [-0.3, -0.25) is 9.78 Å². The average molecular weight is 333 g/mol. The number of aromatic nitrogens is 6. The van der Waals surface area contributed by atoms with Crippen LogP contribution in [-0.4, -0.2) is 35.2 Å². The van der Waals surface area contributed by atoms with E-state index < -0.39 is 0 Å². The third-order valence-corrected chi connectivity index (χ3v) is 3.96. The van der Waals surface area contributed by atoms with Gasteiger partial charge in [-0.2, -0.15) is 5.10 Å². The third-order valence-electron chi connectivity index (χ3n) is 3.96. The fourth-order valence-electron chi connectivity index (χ4n) is 2.48. The lowest BCUT2D eigenvalue weighted by Crippen LogP contribution is -2.15. The van der Waals surface area contributed by atoms with E-state index in [1.165, 1.54) is 0 Å². The van der Waals surface area contributed by atoms with Crippen molar-refractivity contribution in [1.82, 2.24) is 29.3 Å². The zero-order chi connectivity index (χ0) is 17.4. The lowest BCUT2D eigenvalue weighted by atomic mass is 10.3. The van der Waals surface area contributed by atoms with Crippen molar-refractivity contribution < 1.29 is 4.79 Å². The molecule has 1 N–H and O–H groups in total. The first-order valence-electron chi connectivity index (χ1n) is 7.68. The Hall–Kier alpha value is -3.55. The predicted octanol–water partition coefficient (Wildman–Crippen LogP) is 2.11. The van der Waals surface area contributed by atoms with Gasteiger partial charge in [-0.25, -0.2) is 14.6 Å². The molecular formula is C17H15N7O. The van der Waals surface area contributed by atoms with Crippen molar-refractivity contribution in [3.63, 3.8) is 0 Å². The first-order chi connectivity index (χ1) is 12.1. The number of nitrogens with zero attached hydrogens (tertiary/aromatic N) is 6. The summed E-state index contributed by atoms with van der Waals surface area (Å²) < 4.78 is 3.30. The number of hydrogen-bond donors (Lipinski definition) is 1. The molecule has 0 spiro atoms. The Morgan fingerprint density at radius 3 is 2.64 bits per heavy atom. The van der Waals surface area contributed by atoms with E-state index in [0.29, 0.717) is 17.2 Å². The number of carbonyl (C=O) groups excluding carboxylic acids is 1. The molecule has 0 aliphatic carbocycles. The molecule has 124 valence electrons. The minimum atomic E-state index is -0.243. The van der Waals surface area contributed by atoms with Crippen molar-refractivity contribution in [3.05, 3.63) is 60.6 Å². The van der Waals surface area contributed by atoms with E-state index >= 15 is 0 Å². The molecule has 8 nitrogen and oxygen atoms in total. The molecule has 1 amide bonds. The zero-order valence-corrected chi connectivity index (χ0v) is 13.7. The zero-order valence-electron chi connectivity index (χ0n) is 13.7. The molecule has 0 saturated carbocycles. The van der Waals surface area contributed by atoms with Gasteiger partial charge in [0.2, 0.25) is 0 Å². The molecule has 0 aliphatic rings. The molecule has 3 aromatic heterocycles. The molecule has 0 radical (unpaired) electrons. The Bertz CT molecular complexity index is 1080. The Morgan fingerprint density at radius 2 is 1.88 bits per heavy atom. The van der Waals surface area contributed by atoms with Gasteiger partial charge in [0.15, 0.2) is 5.82 Å². The van der Waals surface area contributed by atoms with E-state index in [9.17, 15) is 4.79 Å². The Morgan fingerprint density at radius 1 is 1.08 bits per heavy atom. The maximum absolute atomic E-state index is 12.3. The summed E-state index contributed by atoms with van der Waals surface area (Å²) in [4.78, 5) is 25.3. The number of imidazole rings is 1. The summed E-state index contributed by atoms with van der Waals surface area (Å²) >= 11 is 0. The SMILES string of the molecule is Cc1ncc(C(=O)Nc2cnn(-c3cnc4ccccc4n3)c2)n1C. The molecule has 1 aromatic carbocycles. The number of para-hydroxylation sites is 2. The average Bonchev–Trinajstić information content (AvgIpc) is 3.22. The third kappa shape index (κ3) is 2.74. The highest BCUT2D eigenvalue weighted by molar-refractivity contribution is 6.02. The van der Waals surface area contributed by atoms with Crippen LogP contribution in [-0.2, 0) is 7.05 Å². The first-order valence-corrected chi connectivity index (χ1v) is 7.68. The van der Waals surface area contributed by atoms with Gasteiger partial charge >= 0.3 is 0 Å². The van der Waals surface area contributed by atoms with Gasteiger partial charge in [0.1, 0.15) is 11.5 Å². The number of amides is 1. The summed E-state index contributed by atoms with van der Waals surface area (Å²) in [5, 5.41) is 7.05. The number of anilines is 1. The lowest BCUT2D eigenvalue weighted by Gasteiger charge is -2.04. The van der Waals surface area contributed by atoms with E-state index in [1.807, 2.05) is 31.2 Å². The lowest BCUT2D eigenvalue weighted by molar-refractivity contribution is 0.101. The highest BCUT2D eigenvalue weighted by atomic mass is 16.2. The van der Waals surface area contributed by atoms with Crippen LogP contribution < -0.4 is 5.32 Å². The van der Waals surface area contributed by atoms with Crippen LogP contribution >= 0.6 is 0 Å². The molecule has 0 aliphatic heterocycles. The van der Waals surface area contributed by atoms with Gasteiger partial charge in [-0.1, -0.05) is 12.1 Å². The highest BCUT2D eigenvalue weighted by Crippen LogP contribution is 2.14. The fourth-order valence-corrected chi connectivity index (χ4v) is 2.48. The molecule has 25 heavy (non-hydrogen) atoms. The predicted molar refractivity (Wildman–Crippen MR) is 92.6 cm³/mol. The number of rotatable bonds is 3. The topological polar surface area (TPSA) is 90.5 Å². The summed E-state index contributed by atoms with van der Waals surface area (Å²) in [5.74, 6) is 1.11. The van der Waals surface area contributed by atoms with E-state index in [2.05, 4.69) is 25.4 Å². The highest BCUT2D eigenvalue weighted by Gasteiger charge is 2.13. The summed E-state index contributed by atoms with van der Waals surface area (Å²) in [6.45, 7) is 1.84. The van der Waals surface area contributed by atoms with Crippen LogP contribution in [0.3, 0.4) is 0 Å². The van der Waals surface area contributed by atoms with Gasteiger partial charge in [0.25, 0.3) is 5.91 Å². The van der Waals surface area contributed by atoms with Crippen molar-refractivity contribution in [1.29, 1.82) is 0 Å². The van der Waals surface area contributed by atoms with Gasteiger partial charge in [0, 0.05) is 7.05 Å². The molecule has 8 heteroatoms. The number of fused-ring (bicyclic) bond motifs is 1. The van der Waals surface area contributed by atoms with Gasteiger partial charge in [-0.05, 0) is 19.1 Å². The monoisotopic (exact) mass is 333 g/mol. The molecule has 3 heterocycles. The van der Waals surface area contributed by atoms with Crippen LogP contribution in [0.1, 0.15) is 16.3 Å². The minimum absolute atomic E-state index is 0.243. The standard InChI is InChI=1S/C17H15N7O/c1-11-18-8-15(23(11)2)17(25)21-12-7-20-24(10-12)16-9-19-13-5-3-4-6-14(13)22-16/h3-10H,1-2H3,(H,21,25). The summed E-state index contributed by atoms with van der Waals surface area (Å²) in [5.41, 5.74) is 2.65. The van der Waals surface area contributed by atoms with Crippen LogP contribution in [0.2, 0.25) is 0 Å². The second-order valence-electron chi connectivity index (χ2n) is 5.59. The maximum atomic E-state index is 12.3. The Balaban J connectivity index is 1.59. The van der Waals surface area contributed by atoms with E-state index in [-0.39, 0.29) is 5.91 Å². The summed E-state index contributed by atoms with van der Waals surface area (Å²) in [6, 6.07) is 7.61. The van der Waals surface area contributed by atoms with E-state index in [1.54, 1.807) is 41.1 Å².